The fraction of sp³-hybridized carbons (Fsp3) is 0.286. The van der Waals surface area contributed by atoms with Gasteiger partial charge in [-0.05, 0) is 37.0 Å². The molecule has 18 heavy (non-hydrogen) atoms. The van der Waals surface area contributed by atoms with Crippen LogP contribution in [0.4, 0.5) is 5.69 Å². The Kier molecular flexibility index (Phi) is 4.76. The van der Waals surface area contributed by atoms with Crippen molar-refractivity contribution in [3.8, 4) is 0 Å². The number of hydrogen-bond acceptors (Lipinski definition) is 4. The van der Waals surface area contributed by atoms with Gasteiger partial charge in [0.05, 0.1) is 8.47 Å². The molecular formula is C14H17NS3. The molecule has 0 spiro atoms. The van der Waals surface area contributed by atoms with E-state index in [0.29, 0.717) is 0 Å². The Balaban J connectivity index is 2.11. The normalized spacial score (nSPS) is 17.7. The summed E-state index contributed by atoms with van der Waals surface area (Å²) >= 11 is 5.59. The number of benzene rings is 1. The SMILES string of the molecule is CSC1=C(C)S/C(=C\c2ccc(N(C)C)cc2)S1. The summed E-state index contributed by atoms with van der Waals surface area (Å²) in [4.78, 5) is 3.54. The molecule has 0 amide bonds. The smallest absolute Gasteiger partial charge is 0.0548 e. The van der Waals surface area contributed by atoms with E-state index in [-0.39, 0.29) is 0 Å². The highest BCUT2D eigenvalue weighted by atomic mass is 32.2. The van der Waals surface area contributed by atoms with Crippen LogP contribution in [0, 0.1) is 0 Å². The zero-order valence-electron chi connectivity index (χ0n) is 11.1. The van der Waals surface area contributed by atoms with E-state index in [9.17, 15) is 0 Å². The van der Waals surface area contributed by atoms with Gasteiger partial charge in [0.15, 0.2) is 0 Å². The van der Waals surface area contributed by atoms with Crippen LogP contribution in [-0.4, -0.2) is 20.4 Å². The molecule has 0 unspecified atom stereocenters. The van der Waals surface area contributed by atoms with Crippen LogP contribution < -0.4 is 4.90 Å². The fourth-order valence-corrected chi connectivity index (χ4v) is 5.19. The molecule has 1 aliphatic rings. The van der Waals surface area contributed by atoms with E-state index in [1.54, 1.807) is 0 Å². The van der Waals surface area contributed by atoms with Gasteiger partial charge in [0.25, 0.3) is 0 Å². The molecular weight excluding hydrogens is 278 g/mol. The zero-order chi connectivity index (χ0) is 13.1. The Morgan fingerprint density at radius 2 is 1.78 bits per heavy atom. The molecule has 1 heterocycles. The standard InChI is InChI=1S/C14H17NS3/c1-10-14(16-4)18-13(17-10)9-11-5-7-12(8-6-11)15(2)3/h5-9H,1-4H3/b13-9+. The summed E-state index contributed by atoms with van der Waals surface area (Å²) in [7, 11) is 4.13. The van der Waals surface area contributed by atoms with Crippen LogP contribution >= 0.6 is 35.3 Å². The van der Waals surface area contributed by atoms with Gasteiger partial charge in [0.1, 0.15) is 0 Å². The zero-order valence-corrected chi connectivity index (χ0v) is 13.5. The molecule has 0 N–H and O–H groups in total. The van der Waals surface area contributed by atoms with E-state index in [4.69, 9.17) is 0 Å². The van der Waals surface area contributed by atoms with Gasteiger partial charge in [-0.3, -0.25) is 0 Å². The molecule has 0 fully saturated rings. The topological polar surface area (TPSA) is 3.24 Å². The van der Waals surface area contributed by atoms with Gasteiger partial charge in [-0.25, -0.2) is 0 Å². The van der Waals surface area contributed by atoms with Gasteiger partial charge in [0, 0.05) is 24.7 Å². The van der Waals surface area contributed by atoms with E-state index < -0.39 is 0 Å². The summed E-state index contributed by atoms with van der Waals surface area (Å²) in [6.07, 6.45) is 4.41. The van der Waals surface area contributed by atoms with Crippen molar-refractivity contribution in [3.63, 3.8) is 0 Å². The molecule has 2 rings (SSSR count). The van der Waals surface area contributed by atoms with Crippen LogP contribution in [-0.2, 0) is 0 Å². The maximum absolute atomic E-state index is 2.27. The first kappa shape index (κ1) is 14.0. The number of allylic oxidation sites excluding steroid dienone is 1. The first-order valence-electron chi connectivity index (χ1n) is 5.70. The number of thioether (sulfide) groups is 3. The van der Waals surface area contributed by atoms with E-state index in [0.717, 1.165) is 0 Å². The number of hydrogen-bond donors (Lipinski definition) is 0. The molecule has 1 nitrogen and oxygen atoms in total. The van der Waals surface area contributed by atoms with Crippen molar-refractivity contribution < 1.29 is 0 Å². The third kappa shape index (κ3) is 3.31. The van der Waals surface area contributed by atoms with E-state index in [1.165, 1.54) is 24.6 Å². The first-order valence-corrected chi connectivity index (χ1v) is 8.55. The summed E-state index contributed by atoms with van der Waals surface area (Å²) in [5.41, 5.74) is 2.51. The van der Waals surface area contributed by atoms with E-state index >= 15 is 0 Å². The lowest BCUT2D eigenvalue weighted by Crippen LogP contribution is -2.07. The van der Waals surface area contributed by atoms with Gasteiger partial charge in [0.2, 0.25) is 0 Å². The summed E-state index contributed by atoms with van der Waals surface area (Å²) in [6, 6.07) is 8.67. The number of anilines is 1. The molecule has 0 saturated carbocycles. The summed E-state index contributed by atoms with van der Waals surface area (Å²) in [5, 5.41) is 0. The Labute approximate surface area is 122 Å². The second-order valence-corrected chi connectivity index (χ2v) is 7.84. The molecule has 0 aliphatic carbocycles. The van der Waals surface area contributed by atoms with Crippen molar-refractivity contribution >= 4 is 47.0 Å². The van der Waals surface area contributed by atoms with Crippen LogP contribution in [0.5, 0.6) is 0 Å². The Morgan fingerprint density at radius 1 is 1.11 bits per heavy atom. The van der Waals surface area contributed by atoms with Gasteiger partial charge < -0.3 is 4.90 Å². The van der Waals surface area contributed by atoms with Crippen LogP contribution in [0.25, 0.3) is 6.08 Å². The molecule has 1 aromatic rings. The maximum atomic E-state index is 2.27. The first-order chi connectivity index (χ1) is 8.60. The highest BCUT2D eigenvalue weighted by Gasteiger charge is 2.16. The average Bonchev–Trinajstić information content (AvgIpc) is 2.70. The monoisotopic (exact) mass is 295 g/mol. The second-order valence-electron chi connectivity index (χ2n) is 4.20. The Bertz CT molecular complexity index is 486. The van der Waals surface area contributed by atoms with Crippen molar-refractivity contribution in [2.75, 3.05) is 25.3 Å². The molecule has 0 atom stereocenters. The van der Waals surface area contributed by atoms with Gasteiger partial charge in [-0.2, -0.15) is 0 Å². The van der Waals surface area contributed by atoms with Crippen molar-refractivity contribution in [1.29, 1.82) is 0 Å². The summed E-state index contributed by atoms with van der Waals surface area (Å²) in [5.74, 6) is 0. The van der Waals surface area contributed by atoms with Crippen LogP contribution in [0.15, 0.2) is 37.6 Å². The van der Waals surface area contributed by atoms with Crippen molar-refractivity contribution in [1.82, 2.24) is 0 Å². The minimum Gasteiger partial charge on any atom is -0.378 e. The summed E-state index contributed by atoms with van der Waals surface area (Å²) < 4.78 is 2.80. The molecule has 0 radical (unpaired) electrons. The van der Waals surface area contributed by atoms with Crippen molar-refractivity contribution in [2.45, 2.75) is 6.92 Å². The average molecular weight is 295 g/mol. The lowest BCUT2D eigenvalue weighted by molar-refractivity contribution is 1.13. The lowest BCUT2D eigenvalue weighted by Gasteiger charge is -2.11. The van der Waals surface area contributed by atoms with Crippen molar-refractivity contribution in [3.05, 3.63) is 43.2 Å². The highest BCUT2D eigenvalue weighted by molar-refractivity contribution is 8.35. The van der Waals surface area contributed by atoms with Gasteiger partial charge in [-0.15, -0.1) is 11.8 Å². The molecule has 1 aromatic carbocycles. The lowest BCUT2D eigenvalue weighted by atomic mass is 10.2. The van der Waals surface area contributed by atoms with E-state index in [1.807, 2.05) is 35.3 Å². The van der Waals surface area contributed by atoms with Gasteiger partial charge in [-0.1, -0.05) is 35.7 Å². The Morgan fingerprint density at radius 3 is 2.28 bits per heavy atom. The van der Waals surface area contributed by atoms with Crippen LogP contribution in [0.3, 0.4) is 0 Å². The largest absolute Gasteiger partial charge is 0.378 e. The third-order valence-electron chi connectivity index (χ3n) is 2.61. The maximum Gasteiger partial charge on any atom is 0.0548 e. The summed E-state index contributed by atoms with van der Waals surface area (Å²) in [6.45, 7) is 2.19. The minimum absolute atomic E-state index is 1.24. The molecule has 0 aromatic heterocycles. The predicted octanol–water partition coefficient (Wildman–Crippen LogP) is 5.08. The molecule has 96 valence electrons. The van der Waals surface area contributed by atoms with Gasteiger partial charge >= 0.3 is 0 Å². The van der Waals surface area contributed by atoms with E-state index in [2.05, 4.69) is 62.5 Å². The molecule has 0 saturated heterocycles. The fourth-order valence-electron chi connectivity index (χ4n) is 1.63. The minimum atomic E-state index is 1.24. The van der Waals surface area contributed by atoms with Crippen LogP contribution in [0.1, 0.15) is 12.5 Å². The van der Waals surface area contributed by atoms with Crippen LogP contribution in [0.2, 0.25) is 0 Å². The molecule has 1 aliphatic heterocycles. The third-order valence-corrected chi connectivity index (χ3v) is 6.44. The molecule has 0 bridgehead atoms. The molecule has 4 heteroatoms. The van der Waals surface area contributed by atoms with Crippen molar-refractivity contribution in [2.24, 2.45) is 0 Å². The number of rotatable bonds is 3. The predicted molar refractivity (Wildman–Crippen MR) is 90.1 cm³/mol. The highest BCUT2D eigenvalue weighted by Crippen LogP contribution is 2.53. The number of nitrogens with zero attached hydrogens (tertiary/aromatic N) is 1. The quantitative estimate of drug-likeness (QED) is 0.764. The Hall–Kier alpha value is -0.450. The second kappa shape index (κ2) is 6.13.